The van der Waals surface area contributed by atoms with Crippen LogP contribution in [0, 0.1) is 0 Å². The van der Waals surface area contributed by atoms with Crippen LogP contribution in [0.3, 0.4) is 0 Å². The normalized spacial score (nSPS) is 10.8. The highest BCUT2D eigenvalue weighted by Gasteiger charge is 2.18. The Hall–Kier alpha value is -3.40. The zero-order valence-corrected chi connectivity index (χ0v) is 26.6. The highest BCUT2D eigenvalue weighted by molar-refractivity contribution is 6.67. The number of pyridine rings is 1. The number of benzene rings is 2. The van der Waals surface area contributed by atoms with Gasteiger partial charge in [0.25, 0.3) is 0 Å². The Bertz CT molecular complexity index is 1560. The van der Waals surface area contributed by atoms with Crippen molar-refractivity contribution in [2.24, 2.45) is 0 Å². The van der Waals surface area contributed by atoms with Crippen molar-refractivity contribution < 1.29 is 19.1 Å². The molecule has 0 fully saturated rings. The second kappa shape index (κ2) is 17.0. The van der Waals surface area contributed by atoms with Gasteiger partial charge in [-0.3, -0.25) is 14.4 Å². The number of halogens is 3. The molecule has 0 aliphatic carbocycles. The third-order valence-electron chi connectivity index (χ3n) is 6.77. The SMILES string of the molecule is CCCCc1nc2c(N)nc3ccccc3c2n1CCCN(Cc1cccc(CC(=O)OC)c1)C(=O)CCl.O=C(Cl)CCl. The fourth-order valence-corrected chi connectivity index (χ4v) is 4.93. The van der Waals surface area contributed by atoms with Gasteiger partial charge < -0.3 is 19.9 Å². The first-order chi connectivity index (χ1) is 20.7. The Balaban J connectivity index is 0.000000934. The number of anilines is 1. The number of aromatic nitrogens is 3. The molecular weight excluding hydrogens is 613 g/mol. The summed E-state index contributed by atoms with van der Waals surface area (Å²) < 4.78 is 7.02. The van der Waals surface area contributed by atoms with Gasteiger partial charge in [0.1, 0.15) is 17.2 Å². The lowest BCUT2D eigenvalue weighted by atomic mass is 10.1. The van der Waals surface area contributed by atoms with Crippen LogP contribution in [-0.2, 0) is 45.1 Å². The number of hydrogen-bond donors (Lipinski definition) is 1. The van der Waals surface area contributed by atoms with E-state index in [0.717, 1.165) is 58.2 Å². The quantitative estimate of drug-likeness (QED) is 0.109. The van der Waals surface area contributed by atoms with Gasteiger partial charge in [0.05, 0.1) is 30.4 Å². The molecular formula is C31H36Cl3N5O4. The fraction of sp³-hybridized carbons (Fsp3) is 0.387. The third-order valence-corrected chi connectivity index (χ3v) is 7.51. The summed E-state index contributed by atoms with van der Waals surface area (Å²) in [5, 5.41) is 0.509. The molecule has 0 aliphatic rings. The van der Waals surface area contributed by atoms with E-state index >= 15 is 0 Å². The van der Waals surface area contributed by atoms with E-state index in [1.807, 2.05) is 42.5 Å². The van der Waals surface area contributed by atoms with Crippen molar-refractivity contribution in [1.82, 2.24) is 19.4 Å². The number of nitrogens with zero attached hydrogens (tertiary/aromatic N) is 4. The van der Waals surface area contributed by atoms with Gasteiger partial charge in [-0.1, -0.05) is 55.8 Å². The van der Waals surface area contributed by atoms with Crippen LogP contribution in [0.1, 0.15) is 43.1 Å². The minimum Gasteiger partial charge on any atom is -0.469 e. The average Bonchev–Trinajstić information content (AvgIpc) is 3.38. The van der Waals surface area contributed by atoms with Crippen LogP contribution in [-0.4, -0.2) is 62.0 Å². The van der Waals surface area contributed by atoms with Crippen LogP contribution in [0.5, 0.6) is 0 Å². The average molecular weight is 649 g/mol. The van der Waals surface area contributed by atoms with Crippen LogP contribution in [0.4, 0.5) is 5.82 Å². The van der Waals surface area contributed by atoms with Gasteiger partial charge in [0.15, 0.2) is 5.82 Å². The molecule has 230 valence electrons. The molecule has 0 bridgehead atoms. The number of carbonyl (C=O) groups is 3. The predicted molar refractivity (Wildman–Crippen MR) is 173 cm³/mol. The van der Waals surface area contributed by atoms with E-state index in [1.165, 1.54) is 7.11 Å². The summed E-state index contributed by atoms with van der Waals surface area (Å²) >= 11 is 15.5. The summed E-state index contributed by atoms with van der Waals surface area (Å²) in [5.74, 6) is 0.793. The fourth-order valence-electron chi connectivity index (χ4n) is 4.76. The van der Waals surface area contributed by atoms with Crippen molar-refractivity contribution in [2.45, 2.75) is 52.1 Å². The molecule has 1 amide bonds. The van der Waals surface area contributed by atoms with Gasteiger partial charge >= 0.3 is 5.97 Å². The Morgan fingerprint density at radius 2 is 1.72 bits per heavy atom. The largest absolute Gasteiger partial charge is 0.469 e. The topological polar surface area (TPSA) is 120 Å². The molecule has 0 radical (unpaired) electrons. The number of alkyl halides is 2. The number of imidazole rings is 1. The molecule has 2 N–H and O–H groups in total. The number of esters is 1. The van der Waals surface area contributed by atoms with E-state index < -0.39 is 5.24 Å². The van der Waals surface area contributed by atoms with E-state index in [0.29, 0.717) is 31.9 Å². The van der Waals surface area contributed by atoms with Crippen LogP contribution < -0.4 is 5.73 Å². The molecule has 2 aromatic heterocycles. The summed E-state index contributed by atoms with van der Waals surface area (Å²) in [4.78, 5) is 45.1. The maximum absolute atomic E-state index is 12.7. The first-order valence-electron chi connectivity index (χ1n) is 14.0. The van der Waals surface area contributed by atoms with Crippen molar-refractivity contribution in [1.29, 1.82) is 0 Å². The zero-order chi connectivity index (χ0) is 31.4. The maximum Gasteiger partial charge on any atom is 0.309 e. The Morgan fingerprint density at radius 1 is 1.00 bits per heavy atom. The zero-order valence-electron chi connectivity index (χ0n) is 24.3. The van der Waals surface area contributed by atoms with Crippen molar-refractivity contribution in [2.75, 3.05) is 31.1 Å². The molecule has 4 rings (SSSR count). The summed E-state index contributed by atoms with van der Waals surface area (Å²) in [5.41, 5.74) is 10.7. The van der Waals surface area contributed by atoms with Crippen LogP contribution in [0.2, 0.25) is 0 Å². The monoisotopic (exact) mass is 647 g/mol. The third kappa shape index (κ3) is 9.55. The smallest absolute Gasteiger partial charge is 0.309 e. The van der Waals surface area contributed by atoms with E-state index in [2.05, 4.69) is 22.5 Å². The summed E-state index contributed by atoms with van der Waals surface area (Å²) in [6.45, 7) is 3.78. The minimum atomic E-state index is -0.508. The molecule has 12 heteroatoms. The maximum atomic E-state index is 12.7. The number of unbranched alkanes of at least 4 members (excludes halogenated alkanes) is 1. The molecule has 2 heterocycles. The lowest BCUT2D eigenvalue weighted by Gasteiger charge is -2.23. The highest BCUT2D eigenvalue weighted by atomic mass is 35.5. The lowest BCUT2D eigenvalue weighted by Crippen LogP contribution is -2.33. The molecule has 0 unspecified atom stereocenters. The van der Waals surface area contributed by atoms with Crippen molar-refractivity contribution in [3.05, 3.63) is 65.5 Å². The standard InChI is InChI=1S/C29H34ClN5O3.C2H2Cl2O/c1-3-4-13-24-33-27-28(22-11-5-6-12-23(22)32-29(27)31)35(24)15-8-14-34(25(36)18-30)19-21-10-7-9-20(16-21)17-26(37)38-2;3-1-2(4)5/h5-7,9-12,16H,3-4,8,13-15,17-19H2,1-2H3,(H2,31,32);1H2. The number of nitrogens with two attached hydrogens (primary N) is 1. The number of nitrogen functional groups attached to an aromatic ring is 1. The number of fused-ring (bicyclic) bond motifs is 3. The molecule has 9 nitrogen and oxygen atoms in total. The van der Waals surface area contributed by atoms with Crippen LogP contribution in [0.15, 0.2) is 48.5 Å². The van der Waals surface area contributed by atoms with Gasteiger partial charge in [0, 0.05) is 31.4 Å². The number of para-hydroxylation sites is 1. The predicted octanol–water partition coefficient (Wildman–Crippen LogP) is 5.87. The number of ether oxygens (including phenoxy) is 1. The molecule has 0 aliphatic heterocycles. The second-order valence-electron chi connectivity index (χ2n) is 9.86. The Kier molecular flexibility index (Phi) is 13.5. The number of aryl methyl sites for hydroxylation is 2. The Morgan fingerprint density at radius 3 is 2.40 bits per heavy atom. The Labute approximate surface area is 266 Å². The van der Waals surface area contributed by atoms with E-state index in [9.17, 15) is 14.4 Å². The van der Waals surface area contributed by atoms with Gasteiger partial charge in [-0.25, -0.2) is 9.97 Å². The summed E-state index contributed by atoms with van der Waals surface area (Å²) in [6, 6.07) is 15.6. The minimum absolute atomic E-state index is 0.0928. The molecule has 2 aromatic carbocycles. The van der Waals surface area contributed by atoms with Crippen molar-refractivity contribution in [3.63, 3.8) is 0 Å². The van der Waals surface area contributed by atoms with Crippen LogP contribution >= 0.6 is 34.8 Å². The van der Waals surface area contributed by atoms with Crippen molar-refractivity contribution >= 4 is 79.7 Å². The number of methoxy groups -OCH3 is 1. The second-order valence-corrected chi connectivity index (χ2v) is 10.8. The summed E-state index contributed by atoms with van der Waals surface area (Å²) in [6.07, 6.45) is 3.83. The number of hydrogen-bond acceptors (Lipinski definition) is 7. The van der Waals surface area contributed by atoms with Crippen LogP contribution in [0.25, 0.3) is 21.9 Å². The number of carbonyl (C=O) groups excluding carboxylic acids is 3. The van der Waals surface area contributed by atoms with Gasteiger partial charge in [-0.15, -0.1) is 23.2 Å². The number of amides is 1. The van der Waals surface area contributed by atoms with E-state index in [-0.39, 0.29) is 30.1 Å². The molecule has 0 atom stereocenters. The molecule has 0 saturated heterocycles. The number of rotatable bonds is 13. The van der Waals surface area contributed by atoms with Gasteiger partial charge in [0.2, 0.25) is 11.1 Å². The lowest BCUT2D eigenvalue weighted by molar-refractivity contribution is -0.139. The summed E-state index contributed by atoms with van der Waals surface area (Å²) in [7, 11) is 1.37. The highest BCUT2D eigenvalue weighted by Crippen LogP contribution is 2.29. The van der Waals surface area contributed by atoms with Gasteiger partial charge in [-0.05, 0) is 41.6 Å². The van der Waals surface area contributed by atoms with Crippen molar-refractivity contribution in [3.8, 4) is 0 Å². The molecule has 0 saturated carbocycles. The molecule has 43 heavy (non-hydrogen) atoms. The van der Waals surface area contributed by atoms with E-state index in [4.69, 9.17) is 50.3 Å². The first kappa shape index (κ1) is 34.1. The van der Waals surface area contributed by atoms with E-state index in [1.54, 1.807) is 4.90 Å². The van der Waals surface area contributed by atoms with Gasteiger partial charge in [-0.2, -0.15) is 0 Å². The molecule has 0 spiro atoms. The first-order valence-corrected chi connectivity index (χ1v) is 15.4. The molecule has 4 aromatic rings.